The first-order valence-corrected chi connectivity index (χ1v) is 23.8. The van der Waals surface area contributed by atoms with Gasteiger partial charge in [-0.25, -0.2) is 0 Å². The lowest BCUT2D eigenvalue weighted by atomic mass is 10.0. The Morgan fingerprint density at radius 1 is 0.294 bits per heavy atom. The molecule has 326 valence electrons. The summed E-state index contributed by atoms with van der Waals surface area (Å²) in [7, 11) is 0. The van der Waals surface area contributed by atoms with E-state index in [1.807, 2.05) is 0 Å². The van der Waals surface area contributed by atoms with E-state index >= 15 is 0 Å². The van der Waals surface area contributed by atoms with E-state index in [1.165, 1.54) is 32.7 Å². The predicted octanol–water partition coefficient (Wildman–Crippen LogP) is 19.3. The Morgan fingerprint density at radius 3 is 1.16 bits per heavy atom. The summed E-state index contributed by atoms with van der Waals surface area (Å²) in [6.45, 7) is 8.96. The van der Waals surface area contributed by atoms with Gasteiger partial charge >= 0.3 is 0 Å². The number of hydrogen-bond acceptors (Lipinski definition) is 4. The van der Waals surface area contributed by atoms with E-state index < -0.39 is 0 Å². The van der Waals surface area contributed by atoms with Gasteiger partial charge in [0.2, 0.25) is 0 Å². The van der Waals surface area contributed by atoms with Crippen LogP contribution in [0.4, 0.5) is 34.1 Å². The van der Waals surface area contributed by atoms with Crippen LogP contribution in [0.3, 0.4) is 0 Å². The first-order chi connectivity index (χ1) is 33.3. The zero-order valence-electron chi connectivity index (χ0n) is 38.5. The van der Waals surface area contributed by atoms with E-state index in [0.717, 1.165) is 99.5 Å². The van der Waals surface area contributed by atoms with E-state index in [4.69, 9.17) is 8.83 Å². The van der Waals surface area contributed by atoms with Crippen molar-refractivity contribution < 1.29 is 8.83 Å². The topological polar surface area (TPSA) is 32.8 Å². The Morgan fingerprint density at radius 2 is 0.662 bits per heavy atom. The second kappa shape index (κ2) is 15.6. The van der Waals surface area contributed by atoms with Gasteiger partial charge in [0.1, 0.15) is 22.3 Å². The second-order valence-electron chi connectivity index (χ2n) is 18.9. The van der Waals surface area contributed by atoms with Crippen LogP contribution in [-0.4, -0.2) is 0 Å². The van der Waals surface area contributed by atoms with Crippen LogP contribution in [0.2, 0.25) is 0 Å². The van der Waals surface area contributed by atoms with E-state index in [-0.39, 0.29) is 0 Å². The molecule has 4 nitrogen and oxygen atoms in total. The molecule has 0 unspecified atom stereocenters. The van der Waals surface area contributed by atoms with Gasteiger partial charge in [-0.15, -0.1) is 0 Å². The van der Waals surface area contributed by atoms with E-state index in [1.54, 1.807) is 0 Å². The minimum absolute atomic E-state index is 0.454. The maximum atomic E-state index is 7.03. The SMILES string of the molecule is CC(C)c1ccc(N(c2ccc3ccccc3c2)c2ccc3c(ccc4c5ccc6oc7c8ccc(N(c9ccc(C(C)C)cc9)c9ccc%10ccccc%10c9)cc8ccc7c6c5oc34)c2)cc1. The van der Waals surface area contributed by atoms with Crippen LogP contribution in [0.5, 0.6) is 0 Å². The van der Waals surface area contributed by atoms with Crippen molar-refractivity contribution in [3.63, 3.8) is 0 Å². The van der Waals surface area contributed by atoms with Gasteiger partial charge in [0.05, 0.1) is 5.39 Å². The third-order valence-corrected chi connectivity index (χ3v) is 14.1. The molecule has 0 fully saturated rings. The molecule has 0 amide bonds. The quantitative estimate of drug-likeness (QED) is 0.152. The van der Waals surface area contributed by atoms with Crippen molar-refractivity contribution in [2.45, 2.75) is 39.5 Å². The smallest absolute Gasteiger partial charge is 0.147 e. The summed E-state index contributed by atoms with van der Waals surface area (Å²) >= 11 is 0. The minimum Gasteiger partial charge on any atom is -0.455 e. The number of anilines is 6. The third kappa shape index (κ3) is 6.51. The second-order valence-corrected chi connectivity index (χ2v) is 18.9. The van der Waals surface area contributed by atoms with Crippen LogP contribution < -0.4 is 9.80 Å². The minimum atomic E-state index is 0.454. The molecule has 0 aliphatic heterocycles. The molecule has 68 heavy (non-hydrogen) atoms. The highest BCUT2D eigenvalue weighted by Crippen LogP contribution is 2.46. The molecule has 0 atom stereocenters. The number of hydrogen-bond donors (Lipinski definition) is 0. The molecular formula is C64H48N2O2. The first kappa shape index (κ1) is 40.0. The normalized spacial score (nSPS) is 12.1. The molecule has 0 saturated heterocycles. The first-order valence-electron chi connectivity index (χ1n) is 23.8. The van der Waals surface area contributed by atoms with Gasteiger partial charge < -0.3 is 18.6 Å². The van der Waals surface area contributed by atoms with Crippen molar-refractivity contribution in [2.75, 3.05) is 9.80 Å². The third-order valence-electron chi connectivity index (χ3n) is 14.1. The molecule has 13 aromatic rings. The molecule has 0 aliphatic carbocycles. The summed E-state index contributed by atoms with van der Waals surface area (Å²) in [6.07, 6.45) is 0. The highest BCUT2D eigenvalue weighted by Gasteiger charge is 2.22. The molecule has 0 spiro atoms. The summed E-state index contributed by atoms with van der Waals surface area (Å²) in [5.74, 6) is 0.909. The van der Waals surface area contributed by atoms with Crippen molar-refractivity contribution in [3.8, 4) is 0 Å². The summed E-state index contributed by atoms with van der Waals surface area (Å²) in [6, 6.07) is 75.1. The average molecular weight is 877 g/mol. The maximum absolute atomic E-state index is 7.03. The summed E-state index contributed by atoms with van der Waals surface area (Å²) < 4.78 is 13.8. The molecule has 0 N–H and O–H groups in total. The van der Waals surface area contributed by atoms with Gasteiger partial charge in [-0.3, -0.25) is 0 Å². The fourth-order valence-corrected chi connectivity index (χ4v) is 10.5. The molecular weight excluding hydrogens is 829 g/mol. The van der Waals surface area contributed by atoms with Crippen LogP contribution in [0.25, 0.3) is 87.0 Å². The molecule has 2 heterocycles. The summed E-state index contributed by atoms with van der Waals surface area (Å²) in [5.41, 5.74) is 12.7. The van der Waals surface area contributed by atoms with E-state index in [2.05, 4.69) is 244 Å². The molecule has 0 saturated carbocycles. The Kier molecular flexibility index (Phi) is 9.20. The number of rotatable bonds is 8. The van der Waals surface area contributed by atoms with E-state index in [0.29, 0.717) is 11.8 Å². The van der Waals surface area contributed by atoms with Gasteiger partial charge in [-0.1, -0.05) is 125 Å². The summed E-state index contributed by atoms with van der Waals surface area (Å²) in [4.78, 5) is 4.72. The van der Waals surface area contributed by atoms with Gasteiger partial charge in [-0.05, 0) is 164 Å². The van der Waals surface area contributed by atoms with Gasteiger partial charge in [-0.2, -0.15) is 0 Å². The lowest BCUT2D eigenvalue weighted by Gasteiger charge is -2.26. The van der Waals surface area contributed by atoms with Gasteiger partial charge in [0.25, 0.3) is 0 Å². The highest BCUT2D eigenvalue weighted by molar-refractivity contribution is 6.27. The monoisotopic (exact) mass is 876 g/mol. The summed E-state index contributed by atoms with van der Waals surface area (Å²) in [5, 5.41) is 13.4. The Labute approximate surface area is 394 Å². The molecule has 0 aliphatic rings. The molecule has 2 aromatic heterocycles. The zero-order valence-corrected chi connectivity index (χ0v) is 38.5. The Balaban J connectivity index is 0.921. The fraction of sp³-hybridized carbons (Fsp3) is 0.0938. The number of furan rings is 2. The van der Waals surface area contributed by atoms with E-state index in [9.17, 15) is 0 Å². The van der Waals surface area contributed by atoms with Crippen molar-refractivity contribution in [2.24, 2.45) is 0 Å². The Bertz CT molecular complexity index is 4100. The van der Waals surface area contributed by atoms with Crippen LogP contribution in [-0.2, 0) is 0 Å². The average Bonchev–Trinajstić information content (AvgIpc) is 3.96. The Hall–Kier alpha value is -8.34. The van der Waals surface area contributed by atoms with Crippen molar-refractivity contribution in [1.82, 2.24) is 0 Å². The van der Waals surface area contributed by atoms with Gasteiger partial charge in [0, 0.05) is 61.1 Å². The molecule has 0 radical (unpaired) electrons. The zero-order chi connectivity index (χ0) is 45.6. The molecule has 11 aromatic carbocycles. The van der Waals surface area contributed by atoms with Crippen molar-refractivity contribution in [3.05, 3.63) is 217 Å². The largest absolute Gasteiger partial charge is 0.455 e. The molecule has 0 bridgehead atoms. The van der Waals surface area contributed by atoms with Crippen LogP contribution in [0.1, 0.15) is 50.7 Å². The molecule has 13 rings (SSSR count). The number of nitrogens with zero attached hydrogens (tertiary/aromatic N) is 2. The maximum Gasteiger partial charge on any atom is 0.147 e. The molecule has 4 heteroatoms. The number of benzene rings is 11. The van der Waals surface area contributed by atoms with Gasteiger partial charge in [0.15, 0.2) is 0 Å². The fourth-order valence-electron chi connectivity index (χ4n) is 10.5. The lowest BCUT2D eigenvalue weighted by Crippen LogP contribution is -2.10. The van der Waals surface area contributed by atoms with Crippen LogP contribution in [0, 0.1) is 0 Å². The predicted molar refractivity (Wildman–Crippen MR) is 289 cm³/mol. The standard InChI is InChI=1S/C64H48N2O2/c1-39(2)41-13-21-49(22-14-41)65(51-25-17-43-9-5-7-11-45(43)35-51)53-27-31-55-47(37-53)19-29-57-58-33-34-60-61(64(58)68-62(55)57)59-30-20-48-38-54(28-32-56(48)63(59)67-60)66(50-23-15-42(16-24-50)40(3)4)52-26-18-44-10-6-8-12-46(44)36-52/h5-40H,1-4H3. The van der Waals surface area contributed by atoms with Crippen molar-refractivity contribution in [1.29, 1.82) is 0 Å². The van der Waals surface area contributed by atoms with Crippen LogP contribution in [0.15, 0.2) is 215 Å². The van der Waals surface area contributed by atoms with Crippen molar-refractivity contribution >= 4 is 121 Å². The highest BCUT2D eigenvalue weighted by atomic mass is 16.3. The van der Waals surface area contributed by atoms with Crippen LogP contribution >= 0.6 is 0 Å². The lowest BCUT2D eigenvalue weighted by molar-refractivity contribution is 0.666. The number of fused-ring (bicyclic) bond motifs is 13.